The zero-order valence-corrected chi connectivity index (χ0v) is 13.8. The summed E-state index contributed by atoms with van der Waals surface area (Å²) in [4.78, 5) is 11.9. The van der Waals surface area contributed by atoms with Gasteiger partial charge in [0.1, 0.15) is 6.54 Å². The van der Waals surface area contributed by atoms with Gasteiger partial charge >= 0.3 is 6.18 Å². The van der Waals surface area contributed by atoms with E-state index in [2.05, 4.69) is 20.6 Å². The molecule has 0 atom stereocenters. The van der Waals surface area contributed by atoms with Crippen molar-refractivity contribution in [2.24, 2.45) is 0 Å². The first-order valence-corrected chi connectivity index (χ1v) is 7.78. The number of carbonyl (C=O) groups is 1. The molecule has 0 radical (unpaired) electrons. The highest BCUT2D eigenvalue weighted by Crippen LogP contribution is 2.27. The molecule has 8 nitrogen and oxygen atoms in total. The van der Waals surface area contributed by atoms with Gasteiger partial charge in [0.15, 0.2) is 5.69 Å². The molecule has 0 aliphatic rings. The third-order valence-electron chi connectivity index (χ3n) is 3.51. The second-order valence-corrected chi connectivity index (χ2v) is 5.58. The van der Waals surface area contributed by atoms with Gasteiger partial charge in [-0.05, 0) is 13.0 Å². The summed E-state index contributed by atoms with van der Waals surface area (Å²) < 4.78 is 41.8. The van der Waals surface area contributed by atoms with Crippen LogP contribution in [0.5, 0.6) is 0 Å². The standard InChI is InChI=1S/C15H16F3N7O/c1-2-23-7-11(5-19-23)8-25-9-12(6-20-25)21-14(26)10-24-4-3-13(22-24)15(16,17)18/h3-7,9H,2,8,10H2,1H3,(H,21,26). The number of nitrogens with zero attached hydrogens (tertiary/aromatic N) is 6. The van der Waals surface area contributed by atoms with Gasteiger partial charge in [-0.2, -0.15) is 28.5 Å². The van der Waals surface area contributed by atoms with Gasteiger partial charge in [0.25, 0.3) is 0 Å². The quantitative estimate of drug-likeness (QED) is 0.722. The Kier molecular flexibility index (Phi) is 4.78. The Morgan fingerprint density at radius 1 is 1.15 bits per heavy atom. The van der Waals surface area contributed by atoms with Crippen molar-refractivity contribution in [3.05, 3.63) is 48.3 Å². The number of anilines is 1. The Hall–Kier alpha value is -3.11. The lowest BCUT2D eigenvalue weighted by Gasteiger charge is -2.04. The predicted molar refractivity (Wildman–Crippen MR) is 85.1 cm³/mol. The van der Waals surface area contributed by atoms with Crippen LogP contribution in [0.25, 0.3) is 0 Å². The summed E-state index contributed by atoms with van der Waals surface area (Å²) in [5.74, 6) is -0.500. The number of amides is 1. The van der Waals surface area contributed by atoms with Crippen LogP contribution in [0.1, 0.15) is 18.2 Å². The van der Waals surface area contributed by atoms with Crippen LogP contribution in [-0.4, -0.2) is 35.2 Å². The number of carbonyl (C=O) groups excluding carboxylic acids is 1. The largest absolute Gasteiger partial charge is 0.435 e. The van der Waals surface area contributed by atoms with E-state index in [1.54, 1.807) is 21.8 Å². The zero-order chi connectivity index (χ0) is 18.7. The molecule has 3 aromatic rings. The number of rotatable bonds is 6. The highest BCUT2D eigenvalue weighted by atomic mass is 19.4. The lowest BCUT2D eigenvalue weighted by atomic mass is 10.4. The van der Waals surface area contributed by atoms with Crippen molar-refractivity contribution >= 4 is 11.6 Å². The maximum atomic E-state index is 12.5. The molecule has 0 unspecified atom stereocenters. The minimum absolute atomic E-state index is 0.329. The summed E-state index contributed by atoms with van der Waals surface area (Å²) in [6.07, 6.45) is 3.30. The van der Waals surface area contributed by atoms with E-state index in [0.717, 1.165) is 29.1 Å². The van der Waals surface area contributed by atoms with Crippen molar-refractivity contribution in [2.45, 2.75) is 32.7 Å². The summed E-state index contributed by atoms with van der Waals surface area (Å²) in [6, 6.07) is 0.821. The zero-order valence-electron chi connectivity index (χ0n) is 13.8. The van der Waals surface area contributed by atoms with Gasteiger partial charge in [0.05, 0.1) is 24.6 Å². The van der Waals surface area contributed by atoms with Crippen LogP contribution >= 0.6 is 0 Å². The van der Waals surface area contributed by atoms with Crippen LogP contribution in [0.15, 0.2) is 37.1 Å². The van der Waals surface area contributed by atoms with E-state index in [-0.39, 0.29) is 6.54 Å². The molecule has 0 saturated heterocycles. The fraction of sp³-hybridized carbons (Fsp3) is 0.333. The van der Waals surface area contributed by atoms with Gasteiger partial charge in [0, 0.05) is 30.7 Å². The molecule has 0 aliphatic heterocycles. The van der Waals surface area contributed by atoms with Crippen molar-refractivity contribution < 1.29 is 18.0 Å². The topological polar surface area (TPSA) is 82.6 Å². The second-order valence-electron chi connectivity index (χ2n) is 5.58. The Labute approximate surface area is 146 Å². The number of aromatic nitrogens is 6. The molecule has 26 heavy (non-hydrogen) atoms. The van der Waals surface area contributed by atoms with Gasteiger partial charge in [-0.1, -0.05) is 0 Å². The van der Waals surface area contributed by atoms with E-state index in [1.165, 1.54) is 6.20 Å². The Morgan fingerprint density at radius 3 is 2.58 bits per heavy atom. The third kappa shape index (κ3) is 4.29. The second kappa shape index (κ2) is 7.02. The Bertz CT molecular complexity index is 893. The molecule has 0 bridgehead atoms. The summed E-state index contributed by atoms with van der Waals surface area (Å²) in [6.45, 7) is 2.91. The minimum atomic E-state index is -4.53. The molecule has 3 aromatic heterocycles. The molecule has 11 heteroatoms. The first-order valence-electron chi connectivity index (χ1n) is 7.78. The normalized spacial score (nSPS) is 11.7. The smallest absolute Gasteiger partial charge is 0.322 e. The number of nitrogens with one attached hydrogen (secondary N) is 1. The van der Waals surface area contributed by atoms with Crippen molar-refractivity contribution in [2.75, 3.05) is 5.32 Å². The summed E-state index contributed by atoms with van der Waals surface area (Å²) in [5.41, 5.74) is 0.371. The van der Waals surface area contributed by atoms with Crippen LogP contribution in [0.2, 0.25) is 0 Å². The molecule has 1 amide bonds. The summed E-state index contributed by atoms with van der Waals surface area (Å²) in [5, 5.41) is 14.2. The molecular weight excluding hydrogens is 351 g/mol. The fourth-order valence-electron chi connectivity index (χ4n) is 2.31. The number of aryl methyl sites for hydroxylation is 1. The third-order valence-corrected chi connectivity index (χ3v) is 3.51. The van der Waals surface area contributed by atoms with Crippen molar-refractivity contribution in [1.82, 2.24) is 29.3 Å². The Morgan fingerprint density at radius 2 is 1.92 bits per heavy atom. The number of halogens is 3. The minimum Gasteiger partial charge on any atom is -0.322 e. The SMILES string of the molecule is CCn1cc(Cn2cc(NC(=O)Cn3ccc(C(F)(F)F)n3)cn2)cn1. The molecule has 0 saturated carbocycles. The van der Waals surface area contributed by atoms with Crippen molar-refractivity contribution in [1.29, 1.82) is 0 Å². The highest BCUT2D eigenvalue weighted by Gasteiger charge is 2.33. The van der Waals surface area contributed by atoms with Crippen LogP contribution in [0.3, 0.4) is 0 Å². The maximum Gasteiger partial charge on any atom is 0.435 e. The molecule has 3 heterocycles. The van der Waals surface area contributed by atoms with E-state index >= 15 is 0 Å². The fourth-order valence-corrected chi connectivity index (χ4v) is 2.31. The van der Waals surface area contributed by atoms with Crippen LogP contribution in [0.4, 0.5) is 18.9 Å². The van der Waals surface area contributed by atoms with Crippen molar-refractivity contribution in [3.63, 3.8) is 0 Å². The van der Waals surface area contributed by atoms with Gasteiger partial charge < -0.3 is 5.32 Å². The lowest BCUT2D eigenvalue weighted by Crippen LogP contribution is -2.19. The van der Waals surface area contributed by atoms with Gasteiger partial charge in [-0.3, -0.25) is 18.8 Å². The molecule has 0 fully saturated rings. The van der Waals surface area contributed by atoms with Gasteiger partial charge in [-0.15, -0.1) is 0 Å². The average molecular weight is 367 g/mol. The maximum absolute atomic E-state index is 12.5. The van der Waals surface area contributed by atoms with Gasteiger partial charge in [-0.25, -0.2) is 0 Å². The van der Waals surface area contributed by atoms with Gasteiger partial charge in [0.2, 0.25) is 5.91 Å². The molecule has 3 rings (SSSR count). The molecular formula is C15H16F3N7O. The average Bonchev–Trinajstić information content (AvgIpc) is 3.28. The number of hydrogen-bond donors (Lipinski definition) is 1. The molecule has 0 aromatic carbocycles. The lowest BCUT2D eigenvalue weighted by molar-refractivity contribution is -0.141. The first kappa shape index (κ1) is 17.7. The van der Waals surface area contributed by atoms with E-state index in [4.69, 9.17) is 0 Å². The van der Waals surface area contributed by atoms with Crippen LogP contribution < -0.4 is 5.32 Å². The molecule has 0 aliphatic carbocycles. The van der Waals surface area contributed by atoms with E-state index in [9.17, 15) is 18.0 Å². The number of alkyl halides is 3. The molecule has 0 spiro atoms. The summed E-state index contributed by atoms with van der Waals surface area (Å²) >= 11 is 0. The first-order chi connectivity index (χ1) is 12.3. The van der Waals surface area contributed by atoms with Crippen LogP contribution in [0, 0.1) is 0 Å². The molecule has 1 N–H and O–H groups in total. The molecule has 138 valence electrons. The highest BCUT2D eigenvalue weighted by molar-refractivity contribution is 5.90. The number of hydrogen-bond acceptors (Lipinski definition) is 4. The van der Waals surface area contributed by atoms with E-state index < -0.39 is 17.8 Å². The monoisotopic (exact) mass is 367 g/mol. The van der Waals surface area contributed by atoms with Crippen molar-refractivity contribution in [3.8, 4) is 0 Å². The van der Waals surface area contributed by atoms with E-state index in [1.807, 2.05) is 13.1 Å². The van der Waals surface area contributed by atoms with Crippen LogP contribution in [-0.2, 0) is 30.6 Å². The predicted octanol–water partition coefficient (Wildman–Crippen LogP) is 2.00. The Balaban J connectivity index is 1.56. The summed E-state index contributed by atoms with van der Waals surface area (Å²) in [7, 11) is 0. The van der Waals surface area contributed by atoms with E-state index in [0.29, 0.717) is 12.2 Å².